The Labute approximate surface area is 164 Å². The maximum Gasteiger partial charge on any atom is 0.306 e. The summed E-state index contributed by atoms with van der Waals surface area (Å²) in [6.07, 6.45) is 0.322. The fourth-order valence-corrected chi connectivity index (χ4v) is 2.91. The Hall–Kier alpha value is -2.81. The van der Waals surface area contributed by atoms with Crippen LogP contribution in [0.1, 0.15) is 12.0 Å². The van der Waals surface area contributed by atoms with Gasteiger partial charge in [0.25, 0.3) is 11.7 Å². The van der Waals surface area contributed by atoms with Gasteiger partial charge in [-0.3, -0.25) is 9.59 Å². The molecule has 2 rings (SSSR count). The van der Waals surface area contributed by atoms with Crippen molar-refractivity contribution in [2.45, 2.75) is 23.5 Å². The lowest BCUT2D eigenvalue weighted by atomic mass is 10.1. The van der Waals surface area contributed by atoms with Crippen molar-refractivity contribution in [3.8, 4) is 11.5 Å². The number of hydrogen-bond acceptors (Lipinski definition) is 6. The van der Waals surface area contributed by atoms with Crippen molar-refractivity contribution in [2.75, 3.05) is 19.0 Å². The number of amides is 1. The standard InChI is InChI=1S/C19H19F2NO5S/c1-26-15-8-6-12(10-14(15)23)7-9-18(25)27-11-17(24)22-13-4-2-3-5-16(13)28-19(20)21/h2-6,8,10,19,23H,7,9,11H2,1H3,(H,22,24). The van der Waals surface area contributed by atoms with Crippen LogP contribution in [0.25, 0.3) is 0 Å². The van der Waals surface area contributed by atoms with Crippen molar-refractivity contribution < 1.29 is 33.0 Å². The molecule has 2 aromatic rings. The van der Waals surface area contributed by atoms with Crippen LogP contribution >= 0.6 is 11.8 Å². The van der Waals surface area contributed by atoms with Crippen molar-refractivity contribution in [1.82, 2.24) is 0 Å². The van der Waals surface area contributed by atoms with Crippen molar-refractivity contribution >= 4 is 29.3 Å². The number of hydrogen-bond donors (Lipinski definition) is 2. The number of carbonyl (C=O) groups excluding carboxylic acids is 2. The number of aryl methyl sites for hydroxylation is 1. The molecular formula is C19H19F2NO5S. The summed E-state index contributed by atoms with van der Waals surface area (Å²) < 4.78 is 34.9. The highest BCUT2D eigenvalue weighted by Gasteiger charge is 2.13. The number of phenolic OH excluding ortho intramolecular Hbond substituents is 1. The average molecular weight is 411 g/mol. The van der Waals surface area contributed by atoms with Gasteiger partial charge in [0.2, 0.25) is 0 Å². The van der Waals surface area contributed by atoms with E-state index in [1.807, 2.05) is 0 Å². The Bertz CT molecular complexity index is 832. The molecular weight excluding hydrogens is 392 g/mol. The quantitative estimate of drug-likeness (QED) is 0.482. The van der Waals surface area contributed by atoms with E-state index < -0.39 is 24.2 Å². The Morgan fingerprint density at radius 3 is 2.64 bits per heavy atom. The van der Waals surface area contributed by atoms with E-state index >= 15 is 0 Å². The third kappa shape index (κ3) is 6.73. The van der Waals surface area contributed by atoms with Gasteiger partial charge >= 0.3 is 5.97 Å². The molecule has 0 saturated heterocycles. The maximum atomic E-state index is 12.5. The first kappa shape index (κ1) is 21.5. The molecule has 2 N–H and O–H groups in total. The molecule has 2 aromatic carbocycles. The molecule has 6 nitrogen and oxygen atoms in total. The van der Waals surface area contributed by atoms with Crippen LogP contribution in [0.2, 0.25) is 0 Å². The zero-order chi connectivity index (χ0) is 20.5. The predicted octanol–water partition coefficient (Wildman–Crippen LogP) is 3.83. The van der Waals surface area contributed by atoms with Crippen molar-refractivity contribution in [1.29, 1.82) is 0 Å². The first-order valence-corrected chi connectivity index (χ1v) is 9.12. The summed E-state index contributed by atoms with van der Waals surface area (Å²) in [5.74, 6) is -3.55. The van der Waals surface area contributed by atoms with Crippen LogP contribution in [0, 0.1) is 0 Å². The number of halogens is 2. The van der Waals surface area contributed by atoms with Crippen molar-refractivity contribution in [3.63, 3.8) is 0 Å². The Balaban J connectivity index is 1.80. The number of para-hydroxylation sites is 1. The van der Waals surface area contributed by atoms with E-state index in [0.717, 1.165) is 0 Å². The van der Waals surface area contributed by atoms with Gasteiger partial charge in [-0.25, -0.2) is 0 Å². The summed E-state index contributed by atoms with van der Waals surface area (Å²) in [6, 6.07) is 10.9. The lowest BCUT2D eigenvalue weighted by molar-refractivity contribution is -0.147. The zero-order valence-corrected chi connectivity index (χ0v) is 15.8. The third-order valence-corrected chi connectivity index (χ3v) is 4.39. The molecule has 0 aliphatic rings. The molecule has 150 valence electrons. The molecule has 0 spiro atoms. The van der Waals surface area contributed by atoms with E-state index in [4.69, 9.17) is 9.47 Å². The molecule has 0 aliphatic heterocycles. The number of phenols is 1. The molecule has 0 unspecified atom stereocenters. The van der Waals surface area contributed by atoms with Gasteiger partial charge in [0, 0.05) is 11.3 Å². The molecule has 0 heterocycles. The summed E-state index contributed by atoms with van der Waals surface area (Å²) in [4.78, 5) is 23.9. The SMILES string of the molecule is COc1ccc(CCC(=O)OCC(=O)Nc2ccccc2SC(F)F)cc1O. The minimum atomic E-state index is -2.62. The van der Waals surface area contributed by atoms with Gasteiger partial charge in [-0.15, -0.1) is 0 Å². The highest BCUT2D eigenvalue weighted by Crippen LogP contribution is 2.31. The highest BCUT2D eigenvalue weighted by atomic mass is 32.2. The minimum Gasteiger partial charge on any atom is -0.504 e. The third-order valence-electron chi connectivity index (χ3n) is 3.60. The normalized spacial score (nSPS) is 10.6. The van der Waals surface area contributed by atoms with Gasteiger partial charge in [0.15, 0.2) is 18.1 Å². The van der Waals surface area contributed by atoms with Gasteiger partial charge < -0.3 is 19.9 Å². The van der Waals surface area contributed by atoms with Gasteiger partial charge in [-0.05, 0) is 36.2 Å². The number of aromatic hydroxyl groups is 1. The Morgan fingerprint density at radius 2 is 1.96 bits per heavy atom. The summed E-state index contributed by atoms with van der Waals surface area (Å²) in [6.45, 7) is -0.527. The van der Waals surface area contributed by atoms with E-state index in [-0.39, 0.29) is 22.8 Å². The smallest absolute Gasteiger partial charge is 0.306 e. The molecule has 0 radical (unpaired) electrons. The van der Waals surface area contributed by atoms with Crippen LogP contribution in [0.5, 0.6) is 11.5 Å². The fourth-order valence-electron chi connectivity index (χ4n) is 2.31. The van der Waals surface area contributed by atoms with Gasteiger partial charge in [0.1, 0.15) is 0 Å². The zero-order valence-electron chi connectivity index (χ0n) is 15.0. The van der Waals surface area contributed by atoms with Gasteiger partial charge in [0.05, 0.1) is 12.8 Å². The second-order valence-corrected chi connectivity index (χ2v) is 6.62. The van der Waals surface area contributed by atoms with E-state index in [1.54, 1.807) is 24.3 Å². The predicted molar refractivity (Wildman–Crippen MR) is 101 cm³/mol. The first-order valence-electron chi connectivity index (χ1n) is 8.24. The van der Waals surface area contributed by atoms with Crippen LogP contribution < -0.4 is 10.1 Å². The number of nitrogens with one attached hydrogen (secondary N) is 1. The molecule has 28 heavy (non-hydrogen) atoms. The van der Waals surface area contributed by atoms with E-state index in [9.17, 15) is 23.5 Å². The molecule has 0 bridgehead atoms. The van der Waals surface area contributed by atoms with Gasteiger partial charge in [-0.2, -0.15) is 8.78 Å². The second kappa shape index (κ2) is 10.5. The Kier molecular flexibility index (Phi) is 8.06. The molecule has 0 fully saturated rings. The molecule has 1 amide bonds. The number of methoxy groups -OCH3 is 1. The molecule has 0 aromatic heterocycles. The molecule has 0 atom stereocenters. The minimum absolute atomic E-state index is 0.0108. The van der Waals surface area contributed by atoms with Crippen LogP contribution in [0.15, 0.2) is 47.4 Å². The summed E-state index contributed by atoms with van der Waals surface area (Å²) in [5, 5.41) is 12.2. The number of thioether (sulfide) groups is 1. The second-order valence-electron chi connectivity index (χ2n) is 5.59. The van der Waals surface area contributed by atoms with Crippen molar-refractivity contribution in [2.24, 2.45) is 0 Å². The maximum absolute atomic E-state index is 12.5. The number of benzene rings is 2. The van der Waals surface area contributed by atoms with Crippen LogP contribution in [-0.4, -0.2) is 36.5 Å². The van der Waals surface area contributed by atoms with E-state index in [0.29, 0.717) is 29.5 Å². The fraction of sp³-hybridized carbons (Fsp3) is 0.263. The van der Waals surface area contributed by atoms with E-state index in [2.05, 4.69) is 5.32 Å². The lowest BCUT2D eigenvalue weighted by Gasteiger charge is -2.10. The number of rotatable bonds is 9. The molecule has 9 heteroatoms. The number of carbonyl (C=O) groups is 2. The van der Waals surface area contributed by atoms with E-state index in [1.165, 1.54) is 25.3 Å². The number of ether oxygens (including phenoxy) is 2. The summed E-state index contributed by atoms with van der Waals surface area (Å²) >= 11 is 0.316. The number of alkyl halides is 2. The largest absolute Gasteiger partial charge is 0.504 e. The molecule has 0 saturated carbocycles. The topological polar surface area (TPSA) is 84.9 Å². The summed E-state index contributed by atoms with van der Waals surface area (Å²) in [7, 11) is 1.43. The monoisotopic (exact) mass is 411 g/mol. The number of esters is 1. The first-order chi connectivity index (χ1) is 13.4. The van der Waals surface area contributed by atoms with Crippen LogP contribution in [-0.2, 0) is 20.7 Å². The van der Waals surface area contributed by atoms with Crippen LogP contribution in [0.3, 0.4) is 0 Å². The summed E-state index contributed by atoms with van der Waals surface area (Å²) in [5.41, 5.74) is 0.931. The highest BCUT2D eigenvalue weighted by molar-refractivity contribution is 7.99. The Morgan fingerprint density at radius 1 is 1.21 bits per heavy atom. The lowest BCUT2D eigenvalue weighted by Crippen LogP contribution is -2.21. The van der Waals surface area contributed by atoms with Crippen LogP contribution in [0.4, 0.5) is 14.5 Å². The average Bonchev–Trinajstić information content (AvgIpc) is 2.66. The van der Waals surface area contributed by atoms with Crippen molar-refractivity contribution in [3.05, 3.63) is 48.0 Å². The molecule has 0 aliphatic carbocycles. The number of anilines is 1. The van der Waals surface area contributed by atoms with Gasteiger partial charge in [-0.1, -0.05) is 30.0 Å².